The van der Waals surface area contributed by atoms with Crippen LogP contribution in [0.1, 0.15) is 47.5 Å². The van der Waals surface area contributed by atoms with Gasteiger partial charge in [0.05, 0.1) is 11.3 Å². The topological polar surface area (TPSA) is 82.1 Å². The number of allylic oxidation sites excluding steroid dienone is 6. The van der Waals surface area contributed by atoms with Crippen LogP contribution in [0.5, 0.6) is 0 Å². The summed E-state index contributed by atoms with van der Waals surface area (Å²) in [4.78, 5) is 26.1. The van der Waals surface area contributed by atoms with Crippen LogP contribution in [-0.4, -0.2) is 34.4 Å². The van der Waals surface area contributed by atoms with E-state index in [1.54, 1.807) is 19.9 Å². The Hall–Kier alpha value is -2.15. The Morgan fingerprint density at radius 1 is 1.38 bits per heavy atom. The molecule has 1 aliphatic carbocycles. The lowest BCUT2D eigenvalue weighted by molar-refractivity contribution is -0.260. The van der Waals surface area contributed by atoms with E-state index in [-0.39, 0.29) is 11.5 Å². The third-order valence-corrected chi connectivity index (χ3v) is 7.17. The Balaban J connectivity index is 1.70. The molecule has 0 bridgehead atoms. The van der Waals surface area contributed by atoms with Crippen LogP contribution in [0.25, 0.3) is 0 Å². The minimum Gasteiger partial charge on any atom is -0.465 e. The molecular formula is C25H29ClO6. The second-order valence-corrected chi connectivity index (χ2v) is 9.76. The highest BCUT2D eigenvalue weighted by molar-refractivity contribution is 6.45. The van der Waals surface area contributed by atoms with Gasteiger partial charge in [-0.2, -0.15) is 0 Å². The fourth-order valence-corrected chi connectivity index (χ4v) is 5.45. The number of carbonyl (C=O) groups excluding carboxylic acids is 2. The molecule has 6 atom stereocenters. The van der Waals surface area contributed by atoms with Gasteiger partial charge in [-0.15, -0.1) is 0 Å². The van der Waals surface area contributed by atoms with E-state index in [4.69, 9.17) is 25.8 Å². The summed E-state index contributed by atoms with van der Waals surface area (Å²) in [5.74, 6) is -3.69. The number of halogens is 1. The molecule has 4 aliphatic rings. The van der Waals surface area contributed by atoms with E-state index in [2.05, 4.69) is 19.9 Å². The van der Waals surface area contributed by atoms with Gasteiger partial charge in [-0.3, -0.25) is 9.59 Å². The number of aliphatic hydroxyl groups is 1. The van der Waals surface area contributed by atoms with Gasteiger partial charge in [0, 0.05) is 23.5 Å². The predicted octanol–water partition coefficient (Wildman–Crippen LogP) is 4.45. The number of Topliss-reactive ketones (excluding diaryl/α,β-unsaturated/α-hetero) is 1. The number of carbonyl (C=O) groups is 2. The van der Waals surface area contributed by atoms with Gasteiger partial charge in [0.15, 0.2) is 5.79 Å². The van der Waals surface area contributed by atoms with Gasteiger partial charge in [0.25, 0.3) is 0 Å². The molecule has 172 valence electrons. The van der Waals surface area contributed by atoms with Crippen LogP contribution >= 0.6 is 11.6 Å². The molecule has 6 nitrogen and oxygen atoms in total. The maximum absolute atomic E-state index is 13.3. The molecule has 0 aromatic rings. The summed E-state index contributed by atoms with van der Waals surface area (Å²) in [7, 11) is 0. The average molecular weight is 461 g/mol. The van der Waals surface area contributed by atoms with E-state index in [1.165, 1.54) is 6.26 Å². The third-order valence-electron chi connectivity index (χ3n) is 6.80. The predicted molar refractivity (Wildman–Crippen MR) is 119 cm³/mol. The highest BCUT2D eigenvalue weighted by Gasteiger charge is 2.70. The van der Waals surface area contributed by atoms with Gasteiger partial charge in [0.2, 0.25) is 5.78 Å². The van der Waals surface area contributed by atoms with Crippen LogP contribution < -0.4 is 0 Å². The summed E-state index contributed by atoms with van der Waals surface area (Å²) < 4.78 is 17.1. The fraction of sp³-hybridized carbons (Fsp3) is 0.520. The van der Waals surface area contributed by atoms with Crippen molar-refractivity contribution in [2.24, 2.45) is 17.8 Å². The minimum atomic E-state index is -1.81. The van der Waals surface area contributed by atoms with Crippen LogP contribution in [0, 0.1) is 17.8 Å². The molecule has 0 saturated carbocycles. The second-order valence-electron chi connectivity index (χ2n) is 9.38. The zero-order valence-corrected chi connectivity index (χ0v) is 19.7. The summed E-state index contributed by atoms with van der Waals surface area (Å²) in [6.45, 7) is 9.55. The molecule has 7 heteroatoms. The van der Waals surface area contributed by atoms with Crippen LogP contribution in [0.2, 0.25) is 0 Å². The van der Waals surface area contributed by atoms with Crippen LogP contribution in [0.3, 0.4) is 0 Å². The van der Waals surface area contributed by atoms with E-state index < -0.39 is 41.1 Å². The summed E-state index contributed by atoms with van der Waals surface area (Å²) in [5.41, 5.74) is 0.635. The number of ketones is 1. The first-order valence-corrected chi connectivity index (χ1v) is 11.4. The van der Waals surface area contributed by atoms with Crippen molar-refractivity contribution in [1.82, 2.24) is 0 Å². The molecule has 0 radical (unpaired) electrons. The first-order valence-electron chi connectivity index (χ1n) is 11.0. The number of rotatable bonds is 4. The molecule has 2 saturated heterocycles. The van der Waals surface area contributed by atoms with Gasteiger partial charge in [-0.05, 0) is 38.8 Å². The maximum Gasteiger partial charge on any atom is 0.315 e. The summed E-state index contributed by atoms with van der Waals surface area (Å²) >= 11 is 6.50. The number of cyclic esters (lactones) is 1. The Labute approximate surface area is 193 Å². The van der Waals surface area contributed by atoms with Crippen molar-refractivity contribution in [1.29, 1.82) is 0 Å². The van der Waals surface area contributed by atoms with Crippen molar-refractivity contribution in [3.63, 3.8) is 0 Å². The first-order chi connectivity index (χ1) is 15.0. The van der Waals surface area contributed by atoms with Crippen molar-refractivity contribution in [2.75, 3.05) is 0 Å². The van der Waals surface area contributed by atoms with E-state index >= 15 is 0 Å². The van der Waals surface area contributed by atoms with Crippen molar-refractivity contribution in [2.45, 2.75) is 65.0 Å². The SMILES string of the molecule is CC[C@@H](C)/C=C(C)/C=C/C1=CC2=C(Cl)C(=O)[C@]3(C)O[C@]4(O)C[C@@H](C)OC(=O)[C@H]4[C@@H]3C2=CO1. The van der Waals surface area contributed by atoms with Gasteiger partial charge in [-0.1, -0.05) is 49.6 Å². The van der Waals surface area contributed by atoms with E-state index in [0.29, 0.717) is 22.8 Å². The first kappa shape index (κ1) is 23.0. The normalized spacial score (nSPS) is 37.8. The number of esters is 1. The molecule has 4 rings (SSSR count). The van der Waals surface area contributed by atoms with Crippen molar-refractivity contribution < 1.29 is 28.9 Å². The summed E-state index contributed by atoms with van der Waals surface area (Å²) in [5, 5.41) is 11.2. The number of ether oxygens (including phenoxy) is 3. The van der Waals surface area contributed by atoms with E-state index in [9.17, 15) is 14.7 Å². The van der Waals surface area contributed by atoms with Gasteiger partial charge in [-0.25, -0.2) is 0 Å². The summed E-state index contributed by atoms with van der Waals surface area (Å²) in [6.07, 6.45) is 9.73. The molecule has 0 spiro atoms. The molecule has 32 heavy (non-hydrogen) atoms. The zero-order valence-electron chi connectivity index (χ0n) is 19.0. The maximum atomic E-state index is 13.3. The van der Waals surface area contributed by atoms with Crippen LogP contribution in [0.15, 0.2) is 58.1 Å². The number of hydrogen-bond donors (Lipinski definition) is 1. The molecule has 3 heterocycles. The average Bonchev–Trinajstić information content (AvgIpc) is 2.98. The zero-order chi connectivity index (χ0) is 23.4. The Bertz CT molecular complexity index is 1020. The highest BCUT2D eigenvalue weighted by Crippen LogP contribution is 2.58. The molecular weight excluding hydrogens is 432 g/mol. The number of hydrogen-bond acceptors (Lipinski definition) is 6. The monoisotopic (exact) mass is 460 g/mol. The standard InChI is InChI=1S/C25H29ClO6/c1-6-13(2)9-14(3)7-8-16-10-17-18(12-30-16)19-20-23(28)31-15(4)11-25(20,29)32-24(19,5)22(27)21(17)26/h7-10,12-13,15,19-20,29H,6,11H2,1-5H3/b8-7+,14-9+/t13-,15-,19+,20-,24-,25-/m1/s1. The van der Waals surface area contributed by atoms with E-state index in [0.717, 1.165) is 12.0 Å². The Morgan fingerprint density at radius 3 is 2.78 bits per heavy atom. The lowest BCUT2D eigenvalue weighted by atomic mass is 9.66. The molecule has 3 aliphatic heterocycles. The molecule has 0 amide bonds. The van der Waals surface area contributed by atoms with Crippen molar-refractivity contribution in [3.8, 4) is 0 Å². The van der Waals surface area contributed by atoms with Gasteiger partial charge in [0.1, 0.15) is 23.4 Å². The molecule has 1 N–H and O–H groups in total. The molecule has 0 aromatic heterocycles. The number of fused-ring (bicyclic) bond motifs is 5. The molecule has 0 aromatic carbocycles. The van der Waals surface area contributed by atoms with Gasteiger partial charge < -0.3 is 19.3 Å². The quantitative estimate of drug-likeness (QED) is 0.493. The molecule has 2 fully saturated rings. The summed E-state index contributed by atoms with van der Waals surface area (Å²) in [6, 6.07) is 0. The van der Waals surface area contributed by atoms with Crippen LogP contribution in [-0.2, 0) is 23.8 Å². The lowest BCUT2D eigenvalue weighted by Gasteiger charge is -2.38. The van der Waals surface area contributed by atoms with Gasteiger partial charge >= 0.3 is 5.97 Å². The minimum absolute atomic E-state index is 0.000248. The molecule has 0 unspecified atom stereocenters. The second kappa shape index (κ2) is 8.01. The van der Waals surface area contributed by atoms with Crippen LogP contribution in [0.4, 0.5) is 0 Å². The van der Waals surface area contributed by atoms with Crippen molar-refractivity contribution >= 4 is 23.4 Å². The largest absolute Gasteiger partial charge is 0.465 e. The van der Waals surface area contributed by atoms with Crippen molar-refractivity contribution in [3.05, 3.63) is 58.1 Å². The smallest absolute Gasteiger partial charge is 0.315 e. The van der Waals surface area contributed by atoms with E-state index in [1.807, 2.05) is 19.1 Å². The third kappa shape index (κ3) is 3.58. The Morgan fingerprint density at radius 2 is 2.09 bits per heavy atom. The fourth-order valence-electron chi connectivity index (χ4n) is 5.10. The highest BCUT2D eigenvalue weighted by atomic mass is 35.5. The Kier molecular flexibility index (Phi) is 5.76. The lowest BCUT2D eigenvalue weighted by Crippen LogP contribution is -2.50.